The van der Waals surface area contributed by atoms with Crippen LogP contribution in [-0.4, -0.2) is 11.7 Å². The Morgan fingerprint density at radius 3 is 2.92 bits per heavy atom. The number of hydrogen-bond acceptors (Lipinski definition) is 3. The van der Waals surface area contributed by atoms with Crippen molar-refractivity contribution < 1.29 is 9.67 Å². The number of terminal acetylenes is 1. The second-order valence-electron chi connectivity index (χ2n) is 2.35. The zero-order chi connectivity index (χ0) is 9.68. The van der Waals surface area contributed by atoms with Crippen LogP contribution in [0.15, 0.2) is 18.2 Å². The molecule has 2 N–H and O–H groups in total. The first-order valence-electron chi connectivity index (χ1n) is 3.61. The van der Waals surface area contributed by atoms with Gasteiger partial charge in [0, 0.05) is 5.30 Å². The molecule has 0 fully saturated rings. The Hall–Kier alpha value is -1.52. The molecule has 3 nitrogen and oxygen atoms in total. The third kappa shape index (κ3) is 2.47. The van der Waals surface area contributed by atoms with Crippen molar-refractivity contribution in [2.75, 3.05) is 11.9 Å². The highest BCUT2D eigenvalue weighted by atomic mass is 31.1. The van der Waals surface area contributed by atoms with Crippen LogP contribution in [0.25, 0.3) is 0 Å². The highest BCUT2D eigenvalue weighted by molar-refractivity contribution is 7.34. The molecule has 1 aromatic rings. The molecular weight excluding hydrogens is 185 g/mol. The average molecular weight is 193 g/mol. The lowest BCUT2D eigenvalue weighted by Crippen LogP contribution is -2.00. The van der Waals surface area contributed by atoms with Gasteiger partial charge < -0.3 is 10.4 Å². The van der Waals surface area contributed by atoms with E-state index in [1.54, 1.807) is 12.1 Å². The number of phenolic OH excluding ortho intramolecular Hbond substituents is 1. The van der Waals surface area contributed by atoms with Crippen molar-refractivity contribution in [2.24, 2.45) is 0 Å². The van der Waals surface area contributed by atoms with Crippen molar-refractivity contribution in [3.8, 4) is 18.1 Å². The molecule has 0 unspecified atom stereocenters. The summed E-state index contributed by atoms with van der Waals surface area (Å²) in [7, 11) is -0.108. The lowest BCUT2D eigenvalue weighted by atomic mass is 10.3. The molecular formula is C9H8NO2P. The smallest absolute Gasteiger partial charge is 0.192 e. The predicted octanol–water partition coefficient (Wildman–Crippen LogP) is 1.35. The molecule has 66 valence electrons. The molecule has 4 heteroatoms. The number of nitrogens with one attached hydrogen (secondary N) is 1. The van der Waals surface area contributed by atoms with Gasteiger partial charge in [0.05, 0.1) is 12.2 Å². The fourth-order valence-corrected chi connectivity index (χ4v) is 1.18. The Morgan fingerprint density at radius 1 is 1.62 bits per heavy atom. The minimum atomic E-state index is -0.108. The lowest BCUT2D eigenvalue weighted by Gasteiger charge is -2.04. The van der Waals surface area contributed by atoms with Crippen molar-refractivity contribution in [1.82, 2.24) is 0 Å². The summed E-state index contributed by atoms with van der Waals surface area (Å²) in [5.74, 6) is 2.44. The lowest BCUT2D eigenvalue weighted by molar-refractivity contribution is 0.478. The van der Waals surface area contributed by atoms with Gasteiger partial charge in [-0.3, -0.25) is 4.57 Å². The summed E-state index contributed by atoms with van der Waals surface area (Å²) in [5.41, 5.74) is 0.547. The fourth-order valence-electron chi connectivity index (χ4n) is 0.873. The van der Waals surface area contributed by atoms with E-state index in [0.717, 1.165) is 0 Å². The number of benzene rings is 1. The van der Waals surface area contributed by atoms with Gasteiger partial charge in [-0.2, -0.15) is 0 Å². The molecule has 0 saturated carbocycles. The summed E-state index contributed by atoms with van der Waals surface area (Å²) in [5, 5.41) is 12.7. The quantitative estimate of drug-likeness (QED) is 0.433. The number of hydrogen-bond donors (Lipinski definition) is 2. The Morgan fingerprint density at radius 2 is 2.38 bits per heavy atom. The zero-order valence-corrected chi connectivity index (χ0v) is 7.71. The summed E-state index contributed by atoms with van der Waals surface area (Å²) in [4.78, 5) is 0. The first-order valence-corrected chi connectivity index (χ1v) is 4.43. The molecule has 0 bridgehead atoms. The maximum atomic E-state index is 10.4. The molecule has 0 amide bonds. The van der Waals surface area contributed by atoms with E-state index >= 15 is 0 Å². The number of rotatable bonds is 3. The van der Waals surface area contributed by atoms with Crippen LogP contribution in [0.4, 0.5) is 5.69 Å². The Bertz CT molecular complexity index is 357. The maximum absolute atomic E-state index is 10.4. The molecule has 13 heavy (non-hydrogen) atoms. The first kappa shape index (κ1) is 9.57. The second kappa shape index (κ2) is 4.49. The molecule has 1 aromatic carbocycles. The molecule has 1 rings (SSSR count). The van der Waals surface area contributed by atoms with Gasteiger partial charge in [0.25, 0.3) is 0 Å². The third-order valence-corrected chi connectivity index (χ3v) is 1.96. The minimum Gasteiger partial charge on any atom is -0.506 e. The summed E-state index contributed by atoms with van der Waals surface area (Å²) in [6, 6.07) is 4.70. The van der Waals surface area contributed by atoms with E-state index in [1.165, 1.54) is 6.07 Å². The van der Waals surface area contributed by atoms with Gasteiger partial charge in [-0.15, -0.1) is 6.42 Å². The SMILES string of the molecule is C#CCNc1ccc(P=O)cc1O. The minimum absolute atomic E-state index is 0.0519. The molecule has 0 aromatic heterocycles. The Balaban J connectivity index is 2.86. The van der Waals surface area contributed by atoms with Gasteiger partial charge >= 0.3 is 0 Å². The van der Waals surface area contributed by atoms with Crippen LogP contribution in [0, 0.1) is 12.3 Å². The van der Waals surface area contributed by atoms with E-state index < -0.39 is 0 Å². The molecule has 0 atom stereocenters. The van der Waals surface area contributed by atoms with Crippen LogP contribution < -0.4 is 10.6 Å². The normalized spacial score (nSPS) is 9.46. The standard InChI is InChI=1S/C9H8NO2P/c1-2-5-10-8-4-3-7(13-12)6-9(8)11/h1,3-4,6,10-11H,5H2. The predicted molar refractivity (Wildman–Crippen MR) is 52.7 cm³/mol. The van der Waals surface area contributed by atoms with Crippen molar-refractivity contribution in [3.63, 3.8) is 0 Å². The van der Waals surface area contributed by atoms with Crippen molar-refractivity contribution >= 4 is 19.5 Å². The van der Waals surface area contributed by atoms with E-state index in [0.29, 0.717) is 17.5 Å². The summed E-state index contributed by atoms with van der Waals surface area (Å²) < 4.78 is 10.4. The topological polar surface area (TPSA) is 49.3 Å². The highest BCUT2D eigenvalue weighted by Crippen LogP contribution is 2.21. The van der Waals surface area contributed by atoms with E-state index in [1.807, 2.05) is 0 Å². The monoisotopic (exact) mass is 193 g/mol. The highest BCUT2D eigenvalue weighted by Gasteiger charge is 2.00. The average Bonchev–Trinajstić information content (AvgIpc) is 2.16. The van der Waals surface area contributed by atoms with Gasteiger partial charge in [-0.25, -0.2) is 0 Å². The third-order valence-electron chi connectivity index (χ3n) is 1.47. The van der Waals surface area contributed by atoms with Gasteiger partial charge in [-0.1, -0.05) is 5.92 Å². The van der Waals surface area contributed by atoms with Crippen LogP contribution in [-0.2, 0) is 4.57 Å². The second-order valence-corrected chi connectivity index (χ2v) is 3.05. The van der Waals surface area contributed by atoms with Gasteiger partial charge in [0.1, 0.15) is 5.75 Å². The van der Waals surface area contributed by atoms with Gasteiger partial charge in [-0.05, 0) is 18.2 Å². The van der Waals surface area contributed by atoms with E-state index in [-0.39, 0.29) is 14.2 Å². The van der Waals surface area contributed by atoms with Gasteiger partial charge in [0.2, 0.25) is 0 Å². The fraction of sp³-hybridized carbons (Fsp3) is 0.111. The number of anilines is 1. The molecule has 0 radical (unpaired) electrons. The molecule has 0 saturated heterocycles. The maximum Gasteiger partial charge on any atom is 0.192 e. The van der Waals surface area contributed by atoms with E-state index in [9.17, 15) is 9.67 Å². The number of phenols is 1. The van der Waals surface area contributed by atoms with Crippen LogP contribution in [0.3, 0.4) is 0 Å². The molecule has 0 heterocycles. The van der Waals surface area contributed by atoms with Crippen molar-refractivity contribution in [1.29, 1.82) is 0 Å². The first-order chi connectivity index (χ1) is 6.27. The zero-order valence-electron chi connectivity index (χ0n) is 6.82. The molecule has 0 aliphatic heterocycles. The van der Waals surface area contributed by atoms with E-state index in [4.69, 9.17) is 6.42 Å². The largest absolute Gasteiger partial charge is 0.506 e. The van der Waals surface area contributed by atoms with Crippen LogP contribution in [0.1, 0.15) is 0 Å². The van der Waals surface area contributed by atoms with Crippen LogP contribution in [0.2, 0.25) is 0 Å². The Labute approximate surface area is 78.0 Å². The Kier molecular flexibility index (Phi) is 3.31. The number of aromatic hydroxyl groups is 1. The summed E-state index contributed by atoms with van der Waals surface area (Å²) >= 11 is 0. The van der Waals surface area contributed by atoms with Crippen molar-refractivity contribution in [2.45, 2.75) is 0 Å². The van der Waals surface area contributed by atoms with Gasteiger partial charge in [0.15, 0.2) is 8.46 Å². The van der Waals surface area contributed by atoms with E-state index in [2.05, 4.69) is 11.2 Å². The molecule has 0 aliphatic rings. The summed E-state index contributed by atoms with van der Waals surface area (Å²) in [6.07, 6.45) is 5.04. The molecule has 0 spiro atoms. The molecule has 0 aliphatic carbocycles. The van der Waals surface area contributed by atoms with Crippen molar-refractivity contribution in [3.05, 3.63) is 18.2 Å². The van der Waals surface area contributed by atoms with Crippen LogP contribution >= 0.6 is 8.46 Å². The summed E-state index contributed by atoms with van der Waals surface area (Å²) in [6.45, 7) is 0.349. The van der Waals surface area contributed by atoms with Crippen LogP contribution in [0.5, 0.6) is 5.75 Å².